The maximum atomic E-state index is 6.18. The van der Waals surface area contributed by atoms with Gasteiger partial charge in [-0.1, -0.05) is 11.6 Å². The molecule has 2 rings (SSSR count). The molecule has 1 atom stereocenters. The average Bonchev–Trinajstić information content (AvgIpc) is 2.74. The lowest BCUT2D eigenvalue weighted by Gasteiger charge is -2.04. The first-order valence-corrected chi connectivity index (χ1v) is 5.35. The minimum absolute atomic E-state index is 0.169. The molecule has 1 aliphatic carbocycles. The zero-order valence-electron chi connectivity index (χ0n) is 5.89. The summed E-state index contributed by atoms with van der Waals surface area (Å²) in [6, 6.07) is 1.92. The number of rotatable bonds is 2. The van der Waals surface area contributed by atoms with Crippen LogP contribution in [0.2, 0.25) is 5.02 Å². The fourth-order valence-electron chi connectivity index (χ4n) is 1.11. The van der Waals surface area contributed by atoms with Crippen LogP contribution in [0.1, 0.15) is 23.1 Å². The summed E-state index contributed by atoms with van der Waals surface area (Å²) >= 11 is 13.8. The second-order valence-electron chi connectivity index (χ2n) is 2.87. The SMILES string of the molecule is Clc1ccsc1C(Cl)C1CC1. The normalized spacial score (nSPS) is 20.2. The van der Waals surface area contributed by atoms with Crippen molar-refractivity contribution in [3.8, 4) is 0 Å². The van der Waals surface area contributed by atoms with Gasteiger partial charge in [-0.2, -0.15) is 0 Å². The first-order valence-electron chi connectivity index (χ1n) is 3.66. The highest BCUT2D eigenvalue weighted by atomic mass is 35.5. The molecule has 1 aromatic heterocycles. The van der Waals surface area contributed by atoms with Crippen LogP contribution in [0.3, 0.4) is 0 Å². The van der Waals surface area contributed by atoms with Crippen molar-refractivity contribution < 1.29 is 0 Å². The molecule has 1 fully saturated rings. The third kappa shape index (κ3) is 1.56. The Labute approximate surface area is 80.1 Å². The van der Waals surface area contributed by atoms with Crippen molar-refractivity contribution in [3.63, 3.8) is 0 Å². The van der Waals surface area contributed by atoms with E-state index in [1.54, 1.807) is 11.3 Å². The molecule has 1 saturated carbocycles. The molecule has 1 aliphatic rings. The Morgan fingerprint density at radius 3 is 2.73 bits per heavy atom. The smallest absolute Gasteiger partial charge is 0.0721 e. The molecule has 0 N–H and O–H groups in total. The third-order valence-corrected chi connectivity index (χ3v) is 4.08. The molecule has 1 unspecified atom stereocenters. The van der Waals surface area contributed by atoms with E-state index < -0.39 is 0 Å². The van der Waals surface area contributed by atoms with Gasteiger partial charge in [0.05, 0.1) is 10.4 Å². The Hall–Kier alpha value is 0.280. The first kappa shape index (κ1) is 7.90. The number of alkyl halides is 1. The largest absolute Gasteiger partial charge is 0.146 e. The van der Waals surface area contributed by atoms with Gasteiger partial charge in [0, 0.05) is 4.88 Å². The van der Waals surface area contributed by atoms with Gasteiger partial charge in [-0.15, -0.1) is 22.9 Å². The highest BCUT2D eigenvalue weighted by molar-refractivity contribution is 7.11. The molecule has 0 radical (unpaired) electrons. The van der Waals surface area contributed by atoms with Gasteiger partial charge in [0.2, 0.25) is 0 Å². The Kier molecular flexibility index (Phi) is 2.13. The Morgan fingerprint density at radius 2 is 2.27 bits per heavy atom. The predicted molar refractivity (Wildman–Crippen MR) is 50.6 cm³/mol. The summed E-state index contributed by atoms with van der Waals surface area (Å²) < 4.78 is 0. The van der Waals surface area contributed by atoms with Gasteiger partial charge < -0.3 is 0 Å². The van der Waals surface area contributed by atoms with E-state index in [9.17, 15) is 0 Å². The number of thiophene rings is 1. The van der Waals surface area contributed by atoms with E-state index in [4.69, 9.17) is 23.2 Å². The highest BCUT2D eigenvalue weighted by Crippen LogP contribution is 2.48. The van der Waals surface area contributed by atoms with Crippen LogP contribution < -0.4 is 0 Å². The van der Waals surface area contributed by atoms with Crippen molar-refractivity contribution in [3.05, 3.63) is 21.3 Å². The highest BCUT2D eigenvalue weighted by Gasteiger charge is 2.32. The maximum Gasteiger partial charge on any atom is 0.0721 e. The average molecular weight is 207 g/mol. The summed E-state index contributed by atoms with van der Waals surface area (Å²) in [6.07, 6.45) is 2.53. The molecule has 11 heavy (non-hydrogen) atoms. The van der Waals surface area contributed by atoms with Gasteiger partial charge in [0.25, 0.3) is 0 Å². The van der Waals surface area contributed by atoms with E-state index in [0.29, 0.717) is 5.92 Å². The van der Waals surface area contributed by atoms with Crippen molar-refractivity contribution in [1.29, 1.82) is 0 Å². The predicted octanol–water partition coefficient (Wildman–Crippen LogP) is 4.09. The van der Waals surface area contributed by atoms with Crippen molar-refractivity contribution in [2.75, 3.05) is 0 Å². The monoisotopic (exact) mass is 206 g/mol. The molecule has 0 saturated heterocycles. The third-order valence-electron chi connectivity index (χ3n) is 1.93. The van der Waals surface area contributed by atoms with Crippen LogP contribution in [0.5, 0.6) is 0 Å². The fourth-order valence-corrected chi connectivity index (χ4v) is 2.93. The lowest BCUT2D eigenvalue weighted by atomic mass is 10.2. The maximum absolute atomic E-state index is 6.18. The van der Waals surface area contributed by atoms with Gasteiger partial charge in [-0.05, 0) is 30.2 Å². The van der Waals surface area contributed by atoms with Crippen LogP contribution in [0.15, 0.2) is 11.4 Å². The van der Waals surface area contributed by atoms with Crippen LogP contribution in [0, 0.1) is 5.92 Å². The molecule has 1 heterocycles. The lowest BCUT2D eigenvalue weighted by Crippen LogP contribution is -1.88. The summed E-state index contributed by atoms with van der Waals surface area (Å²) in [5.74, 6) is 0.688. The van der Waals surface area contributed by atoms with E-state index >= 15 is 0 Å². The molecular weight excluding hydrogens is 199 g/mol. The minimum atomic E-state index is 0.169. The zero-order valence-corrected chi connectivity index (χ0v) is 8.22. The van der Waals surface area contributed by atoms with Gasteiger partial charge in [-0.3, -0.25) is 0 Å². The number of halogens is 2. The van der Waals surface area contributed by atoms with Crippen LogP contribution in [0.4, 0.5) is 0 Å². The van der Waals surface area contributed by atoms with Gasteiger partial charge in [0.15, 0.2) is 0 Å². The number of hydrogen-bond acceptors (Lipinski definition) is 1. The van der Waals surface area contributed by atoms with Gasteiger partial charge >= 0.3 is 0 Å². The molecular formula is C8H8Cl2S. The van der Waals surface area contributed by atoms with E-state index in [0.717, 1.165) is 9.90 Å². The first-order chi connectivity index (χ1) is 5.29. The van der Waals surface area contributed by atoms with Crippen LogP contribution in [-0.4, -0.2) is 0 Å². The zero-order chi connectivity index (χ0) is 7.84. The van der Waals surface area contributed by atoms with E-state index in [-0.39, 0.29) is 5.38 Å². The molecule has 0 nitrogen and oxygen atoms in total. The summed E-state index contributed by atoms with van der Waals surface area (Å²) in [7, 11) is 0. The fraction of sp³-hybridized carbons (Fsp3) is 0.500. The molecule has 0 aliphatic heterocycles. The van der Waals surface area contributed by atoms with Gasteiger partial charge in [0.1, 0.15) is 0 Å². The topological polar surface area (TPSA) is 0 Å². The minimum Gasteiger partial charge on any atom is -0.146 e. The summed E-state index contributed by atoms with van der Waals surface area (Å²) in [4.78, 5) is 1.15. The van der Waals surface area contributed by atoms with Gasteiger partial charge in [-0.25, -0.2) is 0 Å². The van der Waals surface area contributed by atoms with Crippen molar-refractivity contribution in [1.82, 2.24) is 0 Å². The Balaban J connectivity index is 2.20. The van der Waals surface area contributed by atoms with E-state index in [2.05, 4.69) is 0 Å². The van der Waals surface area contributed by atoms with Crippen LogP contribution in [0.25, 0.3) is 0 Å². The lowest BCUT2D eigenvalue weighted by molar-refractivity contribution is 0.812. The van der Waals surface area contributed by atoms with E-state index in [1.807, 2.05) is 11.4 Å². The molecule has 0 bridgehead atoms. The van der Waals surface area contributed by atoms with Crippen LogP contribution >= 0.6 is 34.5 Å². The molecule has 0 amide bonds. The van der Waals surface area contributed by atoms with Crippen LogP contribution in [-0.2, 0) is 0 Å². The Morgan fingerprint density at radius 1 is 1.55 bits per heavy atom. The molecule has 3 heteroatoms. The quantitative estimate of drug-likeness (QED) is 0.640. The second-order valence-corrected chi connectivity index (χ2v) is 4.70. The Bertz CT molecular complexity index is 252. The molecule has 1 aromatic rings. The van der Waals surface area contributed by atoms with Crippen molar-refractivity contribution in [2.45, 2.75) is 18.2 Å². The molecule has 0 aromatic carbocycles. The molecule has 60 valence electrons. The number of hydrogen-bond donors (Lipinski definition) is 0. The second kappa shape index (κ2) is 2.96. The summed E-state index contributed by atoms with van der Waals surface area (Å²) in [6.45, 7) is 0. The molecule has 0 spiro atoms. The van der Waals surface area contributed by atoms with Crippen molar-refractivity contribution >= 4 is 34.5 Å². The van der Waals surface area contributed by atoms with Crippen molar-refractivity contribution in [2.24, 2.45) is 5.92 Å². The van der Waals surface area contributed by atoms with E-state index in [1.165, 1.54) is 12.8 Å². The summed E-state index contributed by atoms with van der Waals surface area (Å²) in [5, 5.41) is 3.00. The standard InChI is InChI=1S/C8H8Cl2S/c9-6-3-4-11-8(6)7(10)5-1-2-5/h3-5,7H,1-2H2. The summed E-state index contributed by atoms with van der Waals surface area (Å²) in [5.41, 5.74) is 0.